The standard InChI is InChI=1S/C18H24FNO3/c1-18(2,3)23-17(22)20-12-14(19)11-15(20)16(21)10-9-13-7-5-4-6-8-13/h4-8,14-15H,9-12H2,1-3H3. The number of hydrogen-bond acceptors (Lipinski definition) is 3. The van der Waals surface area contributed by atoms with E-state index in [1.54, 1.807) is 20.8 Å². The molecule has 1 saturated heterocycles. The molecule has 0 bridgehead atoms. The molecule has 0 N–H and O–H groups in total. The Kier molecular flexibility index (Phi) is 5.39. The van der Waals surface area contributed by atoms with Gasteiger partial charge in [0.25, 0.3) is 0 Å². The molecule has 1 aliphatic rings. The average molecular weight is 321 g/mol. The van der Waals surface area contributed by atoms with Gasteiger partial charge in [0.1, 0.15) is 11.8 Å². The van der Waals surface area contributed by atoms with Crippen LogP contribution in [0.5, 0.6) is 0 Å². The molecule has 1 heterocycles. The van der Waals surface area contributed by atoms with Crippen LogP contribution in [0.2, 0.25) is 0 Å². The summed E-state index contributed by atoms with van der Waals surface area (Å²) in [6, 6.07) is 8.93. The van der Waals surface area contributed by atoms with Crippen molar-refractivity contribution in [1.29, 1.82) is 0 Å². The largest absolute Gasteiger partial charge is 0.444 e. The Morgan fingerprint density at radius 3 is 2.52 bits per heavy atom. The number of carbonyl (C=O) groups is 2. The minimum absolute atomic E-state index is 0.0624. The number of carbonyl (C=O) groups excluding carboxylic acids is 2. The number of alkyl halides is 1. The number of aryl methyl sites for hydroxylation is 1. The smallest absolute Gasteiger partial charge is 0.411 e. The van der Waals surface area contributed by atoms with Crippen LogP contribution < -0.4 is 0 Å². The Bertz CT molecular complexity index is 553. The predicted molar refractivity (Wildman–Crippen MR) is 86.0 cm³/mol. The monoisotopic (exact) mass is 321 g/mol. The number of ether oxygens (including phenoxy) is 1. The van der Waals surface area contributed by atoms with Crippen LogP contribution >= 0.6 is 0 Å². The molecular formula is C18H24FNO3. The zero-order chi connectivity index (χ0) is 17.0. The summed E-state index contributed by atoms with van der Waals surface area (Å²) in [6.07, 6.45) is -0.841. The number of ketones is 1. The van der Waals surface area contributed by atoms with Gasteiger partial charge in [0.05, 0.1) is 12.6 Å². The summed E-state index contributed by atoms with van der Waals surface area (Å²) < 4.78 is 19.0. The number of nitrogens with zero attached hydrogens (tertiary/aromatic N) is 1. The summed E-state index contributed by atoms with van der Waals surface area (Å²) >= 11 is 0. The van der Waals surface area contributed by atoms with Crippen LogP contribution in [-0.4, -0.2) is 41.1 Å². The van der Waals surface area contributed by atoms with Gasteiger partial charge >= 0.3 is 6.09 Å². The molecule has 0 radical (unpaired) electrons. The maximum Gasteiger partial charge on any atom is 0.411 e. The lowest BCUT2D eigenvalue weighted by molar-refractivity contribution is -0.123. The lowest BCUT2D eigenvalue weighted by atomic mass is 10.0. The predicted octanol–water partition coefficient (Wildman–Crippen LogP) is 3.54. The van der Waals surface area contributed by atoms with Crippen molar-refractivity contribution >= 4 is 11.9 Å². The van der Waals surface area contributed by atoms with Gasteiger partial charge in [0.2, 0.25) is 0 Å². The van der Waals surface area contributed by atoms with Crippen molar-refractivity contribution < 1.29 is 18.7 Å². The maximum atomic E-state index is 13.7. The molecule has 23 heavy (non-hydrogen) atoms. The Labute approximate surface area is 136 Å². The summed E-state index contributed by atoms with van der Waals surface area (Å²) in [7, 11) is 0. The SMILES string of the molecule is CC(C)(C)OC(=O)N1CC(F)CC1C(=O)CCc1ccccc1. The van der Waals surface area contributed by atoms with Crippen LogP contribution in [0.25, 0.3) is 0 Å². The number of hydrogen-bond donors (Lipinski definition) is 0. The Balaban J connectivity index is 1.98. The minimum atomic E-state index is -1.17. The van der Waals surface area contributed by atoms with Crippen molar-refractivity contribution in [2.75, 3.05) is 6.54 Å². The molecule has 1 aromatic rings. The van der Waals surface area contributed by atoms with Crippen molar-refractivity contribution in [3.8, 4) is 0 Å². The van der Waals surface area contributed by atoms with Gasteiger partial charge in [-0.15, -0.1) is 0 Å². The topological polar surface area (TPSA) is 46.6 Å². The van der Waals surface area contributed by atoms with Crippen molar-refractivity contribution in [1.82, 2.24) is 4.90 Å². The first-order chi connectivity index (χ1) is 10.8. The van der Waals surface area contributed by atoms with Gasteiger partial charge in [0, 0.05) is 12.8 Å². The third-order valence-corrected chi connectivity index (χ3v) is 3.75. The van der Waals surface area contributed by atoms with E-state index in [9.17, 15) is 14.0 Å². The Morgan fingerprint density at radius 2 is 1.91 bits per heavy atom. The molecule has 1 aromatic carbocycles. The minimum Gasteiger partial charge on any atom is -0.444 e. The van der Waals surface area contributed by atoms with Gasteiger partial charge in [-0.05, 0) is 32.8 Å². The fourth-order valence-corrected chi connectivity index (χ4v) is 2.69. The first-order valence-corrected chi connectivity index (χ1v) is 7.96. The summed E-state index contributed by atoms with van der Waals surface area (Å²) in [6.45, 7) is 5.18. The molecule has 5 heteroatoms. The lowest BCUT2D eigenvalue weighted by Crippen LogP contribution is -2.43. The second kappa shape index (κ2) is 7.11. The second-order valence-electron chi connectivity index (χ2n) is 6.93. The molecule has 0 spiro atoms. The van der Waals surface area contributed by atoms with Crippen LogP contribution in [0.4, 0.5) is 9.18 Å². The van der Waals surface area contributed by atoms with Gasteiger partial charge in [-0.3, -0.25) is 9.69 Å². The quantitative estimate of drug-likeness (QED) is 0.852. The van der Waals surface area contributed by atoms with E-state index >= 15 is 0 Å². The zero-order valence-corrected chi connectivity index (χ0v) is 13.9. The molecule has 2 unspecified atom stereocenters. The lowest BCUT2D eigenvalue weighted by Gasteiger charge is -2.27. The molecular weight excluding hydrogens is 297 g/mol. The maximum absolute atomic E-state index is 13.7. The van der Waals surface area contributed by atoms with Crippen molar-refractivity contribution in [3.63, 3.8) is 0 Å². The normalized spacial score (nSPS) is 21.3. The molecule has 4 nitrogen and oxygen atoms in total. The number of rotatable bonds is 4. The highest BCUT2D eigenvalue weighted by atomic mass is 19.1. The summed E-state index contributed by atoms with van der Waals surface area (Å²) in [5, 5.41) is 0. The highest BCUT2D eigenvalue weighted by Gasteiger charge is 2.41. The van der Waals surface area contributed by atoms with Gasteiger partial charge in [-0.2, -0.15) is 0 Å². The van der Waals surface area contributed by atoms with E-state index in [0.717, 1.165) is 5.56 Å². The number of likely N-dealkylation sites (tertiary alicyclic amines) is 1. The molecule has 2 atom stereocenters. The molecule has 0 aromatic heterocycles. The van der Waals surface area contributed by atoms with Gasteiger partial charge in [-0.1, -0.05) is 30.3 Å². The van der Waals surface area contributed by atoms with Crippen LogP contribution in [0.3, 0.4) is 0 Å². The zero-order valence-electron chi connectivity index (χ0n) is 13.9. The van der Waals surface area contributed by atoms with E-state index < -0.39 is 23.9 Å². The van der Waals surface area contributed by atoms with E-state index in [1.807, 2.05) is 30.3 Å². The second-order valence-corrected chi connectivity index (χ2v) is 6.93. The van der Waals surface area contributed by atoms with Crippen LogP contribution in [0.1, 0.15) is 39.2 Å². The molecule has 0 aliphatic carbocycles. The van der Waals surface area contributed by atoms with Crippen LogP contribution in [-0.2, 0) is 16.0 Å². The van der Waals surface area contributed by atoms with Gasteiger partial charge in [-0.25, -0.2) is 9.18 Å². The molecule has 126 valence electrons. The summed E-state index contributed by atoms with van der Waals surface area (Å²) in [4.78, 5) is 25.8. The van der Waals surface area contributed by atoms with E-state index in [0.29, 0.717) is 12.8 Å². The van der Waals surface area contributed by atoms with Crippen LogP contribution in [0, 0.1) is 0 Å². The number of benzene rings is 1. The molecule has 1 amide bonds. The van der Waals surface area contributed by atoms with Crippen LogP contribution in [0.15, 0.2) is 30.3 Å². The first-order valence-electron chi connectivity index (χ1n) is 7.96. The molecule has 1 aliphatic heterocycles. The highest BCUT2D eigenvalue weighted by molar-refractivity contribution is 5.88. The molecule has 1 fully saturated rings. The fraction of sp³-hybridized carbons (Fsp3) is 0.556. The van der Waals surface area contributed by atoms with E-state index in [1.165, 1.54) is 4.90 Å². The van der Waals surface area contributed by atoms with Gasteiger partial charge in [0.15, 0.2) is 5.78 Å². The number of Topliss-reactive ketones (excluding diaryl/α,β-unsaturated/α-hetero) is 1. The highest BCUT2D eigenvalue weighted by Crippen LogP contribution is 2.25. The third kappa shape index (κ3) is 5.05. The van der Waals surface area contributed by atoms with Crippen molar-refractivity contribution in [2.24, 2.45) is 0 Å². The Morgan fingerprint density at radius 1 is 1.26 bits per heavy atom. The van der Waals surface area contributed by atoms with E-state index in [-0.39, 0.29) is 18.7 Å². The average Bonchev–Trinajstić information content (AvgIpc) is 2.86. The first kappa shape index (κ1) is 17.4. The van der Waals surface area contributed by atoms with Crippen molar-refractivity contribution in [3.05, 3.63) is 35.9 Å². The van der Waals surface area contributed by atoms with E-state index in [2.05, 4.69) is 0 Å². The molecule has 0 saturated carbocycles. The fourth-order valence-electron chi connectivity index (χ4n) is 2.69. The third-order valence-electron chi connectivity index (χ3n) is 3.75. The summed E-state index contributed by atoms with van der Waals surface area (Å²) in [5.41, 5.74) is 0.391. The van der Waals surface area contributed by atoms with Crippen molar-refractivity contribution in [2.45, 2.75) is 57.8 Å². The Hall–Kier alpha value is -1.91. The number of halogens is 1. The van der Waals surface area contributed by atoms with Gasteiger partial charge < -0.3 is 4.74 Å². The van der Waals surface area contributed by atoms with E-state index in [4.69, 9.17) is 4.74 Å². The molecule has 2 rings (SSSR count). The summed E-state index contributed by atoms with van der Waals surface area (Å²) in [5.74, 6) is -0.111. The number of amides is 1.